The fourth-order valence-corrected chi connectivity index (χ4v) is 2.21. The first-order valence-corrected chi connectivity index (χ1v) is 7.57. The average molecular weight is 362 g/mol. The molecule has 0 aliphatic carbocycles. The zero-order chi connectivity index (χ0) is 16.1. The van der Waals surface area contributed by atoms with Gasteiger partial charge in [-0.25, -0.2) is 14.4 Å². The first-order valence-electron chi connectivity index (χ1n) is 6.77. The van der Waals surface area contributed by atoms with E-state index in [9.17, 15) is 4.39 Å². The molecule has 2 aromatic carbocycles. The number of halogens is 2. The highest BCUT2D eigenvalue weighted by Gasteiger charge is 2.07. The van der Waals surface area contributed by atoms with Crippen molar-refractivity contribution in [3.63, 3.8) is 0 Å². The standard InChI is InChI=1S/C17H17BrFN3/c1-12-8-9-13(10-16(12)19)21-17(20-11-22(2)3)14-6-4-5-7-15(14)18/h4-11H,1-3H3/b20-11+,21-17+. The van der Waals surface area contributed by atoms with E-state index >= 15 is 0 Å². The molecule has 2 rings (SSSR count). The summed E-state index contributed by atoms with van der Waals surface area (Å²) in [6, 6.07) is 12.6. The monoisotopic (exact) mass is 361 g/mol. The van der Waals surface area contributed by atoms with E-state index in [0.29, 0.717) is 17.1 Å². The molecule has 0 radical (unpaired) electrons. The van der Waals surface area contributed by atoms with Gasteiger partial charge < -0.3 is 4.90 Å². The number of amidine groups is 1. The van der Waals surface area contributed by atoms with E-state index < -0.39 is 0 Å². The van der Waals surface area contributed by atoms with E-state index in [2.05, 4.69) is 25.9 Å². The average Bonchev–Trinajstić information content (AvgIpc) is 2.48. The van der Waals surface area contributed by atoms with Crippen LogP contribution >= 0.6 is 15.9 Å². The second-order valence-corrected chi connectivity index (χ2v) is 5.91. The Morgan fingerprint density at radius 2 is 1.91 bits per heavy atom. The van der Waals surface area contributed by atoms with Crippen molar-refractivity contribution < 1.29 is 4.39 Å². The fourth-order valence-electron chi connectivity index (χ4n) is 1.74. The van der Waals surface area contributed by atoms with Crippen LogP contribution in [0.4, 0.5) is 10.1 Å². The minimum absolute atomic E-state index is 0.274. The lowest BCUT2D eigenvalue weighted by molar-refractivity contribution is 0.619. The normalized spacial score (nSPS) is 12.0. The molecule has 0 N–H and O–H groups in total. The summed E-state index contributed by atoms with van der Waals surface area (Å²) in [6.45, 7) is 1.72. The molecule has 0 unspecified atom stereocenters. The summed E-state index contributed by atoms with van der Waals surface area (Å²) in [5.41, 5.74) is 1.98. The summed E-state index contributed by atoms with van der Waals surface area (Å²) >= 11 is 3.50. The number of benzene rings is 2. The molecule has 0 aromatic heterocycles. The Morgan fingerprint density at radius 1 is 1.18 bits per heavy atom. The zero-order valence-electron chi connectivity index (χ0n) is 12.7. The van der Waals surface area contributed by atoms with E-state index in [1.165, 1.54) is 6.07 Å². The summed E-state index contributed by atoms with van der Waals surface area (Å²) < 4.78 is 14.6. The van der Waals surface area contributed by atoms with E-state index in [1.54, 1.807) is 25.4 Å². The lowest BCUT2D eigenvalue weighted by Crippen LogP contribution is -2.10. The predicted octanol–water partition coefficient (Wildman–Crippen LogP) is 4.56. The summed E-state index contributed by atoms with van der Waals surface area (Å²) in [5.74, 6) is 0.244. The minimum Gasteiger partial charge on any atom is -0.369 e. The molecule has 0 spiro atoms. The molecule has 0 amide bonds. The molecule has 0 atom stereocenters. The highest BCUT2D eigenvalue weighted by Crippen LogP contribution is 2.22. The molecular weight excluding hydrogens is 345 g/mol. The molecule has 3 nitrogen and oxygen atoms in total. The topological polar surface area (TPSA) is 28.0 Å². The number of hydrogen-bond acceptors (Lipinski definition) is 1. The lowest BCUT2D eigenvalue weighted by Gasteiger charge is -2.07. The molecule has 5 heteroatoms. The maximum Gasteiger partial charge on any atom is 0.162 e. The molecule has 0 saturated heterocycles. The van der Waals surface area contributed by atoms with Crippen LogP contribution in [0.5, 0.6) is 0 Å². The van der Waals surface area contributed by atoms with Crippen molar-refractivity contribution in [2.24, 2.45) is 9.98 Å². The van der Waals surface area contributed by atoms with E-state index in [0.717, 1.165) is 10.0 Å². The number of aliphatic imine (C=N–C) groups is 2. The van der Waals surface area contributed by atoms with Gasteiger partial charge in [-0.1, -0.05) is 40.2 Å². The minimum atomic E-state index is -0.274. The van der Waals surface area contributed by atoms with Gasteiger partial charge in [0.25, 0.3) is 0 Å². The first kappa shape index (κ1) is 16.4. The highest BCUT2D eigenvalue weighted by atomic mass is 79.9. The van der Waals surface area contributed by atoms with Gasteiger partial charge in [-0.05, 0) is 30.7 Å². The molecule has 0 bridgehead atoms. The van der Waals surface area contributed by atoms with Crippen LogP contribution in [0.2, 0.25) is 0 Å². The van der Waals surface area contributed by atoms with Crippen molar-refractivity contribution >= 4 is 33.8 Å². The summed E-state index contributed by atoms with van der Waals surface area (Å²) in [5, 5.41) is 0. The Labute approximate surface area is 138 Å². The second-order valence-electron chi connectivity index (χ2n) is 5.06. The smallest absolute Gasteiger partial charge is 0.162 e. The predicted molar refractivity (Wildman–Crippen MR) is 93.7 cm³/mol. The van der Waals surface area contributed by atoms with Gasteiger partial charge in [-0.15, -0.1) is 0 Å². The summed E-state index contributed by atoms with van der Waals surface area (Å²) in [7, 11) is 3.76. The van der Waals surface area contributed by atoms with E-state index in [4.69, 9.17) is 0 Å². The largest absolute Gasteiger partial charge is 0.369 e. The van der Waals surface area contributed by atoms with Crippen molar-refractivity contribution in [2.45, 2.75) is 6.92 Å². The SMILES string of the molecule is Cc1ccc(/N=C(/N=C/N(C)C)c2ccccc2Br)cc1F. The molecule has 0 saturated carbocycles. The lowest BCUT2D eigenvalue weighted by atomic mass is 10.2. The van der Waals surface area contributed by atoms with Crippen LogP contribution in [0, 0.1) is 12.7 Å². The summed E-state index contributed by atoms with van der Waals surface area (Å²) in [6.07, 6.45) is 1.67. The third kappa shape index (κ3) is 4.24. The van der Waals surface area contributed by atoms with Crippen molar-refractivity contribution in [1.82, 2.24) is 4.90 Å². The van der Waals surface area contributed by atoms with Gasteiger partial charge in [-0.3, -0.25) is 0 Å². The van der Waals surface area contributed by atoms with E-state index in [-0.39, 0.29) is 5.82 Å². The van der Waals surface area contributed by atoms with Crippen LogP contribution in [0.15, 0.2) is 56.9 Å². The van der Waals surface area contributed by atoms with Crippen molar-refractivity contribution in [1.29, 1.82) is 0 Å². The Bertz CT molecular complexity index is 724. The zero-order valence-corrected chi connectivity index (χ0v) is 14.3. The Morgan fingerprint density at radius 3 is 2.55 bits per heavy atom. The molecular formula is C17H17BrFN3. The summed E-state index contributed by atoms with van der Waals surface area (Å²) in [4.78, 5) is 10.7. The van der Waals surface area contributed by atoms with Gasteiger partial charge >= 0.3 is 0 Å². The van der Waals surface area contributed by atoms with Gasteiger partial charge in [0.2, 0.25) is 0 Å². The van der Waals surface area contributed by atoms with Crippen LogP contribution in [0.25, 0.3) is 0 Å². The maximum absolute atomic E-state index is 13.7. The maximum atomic E-state index is 13.7. The van der Waals surface area contributed by atoms with Crippen molar-refractivity contribution in [3.8, 4) is 0 Å². The first-order chi connectivity index (χ1) is 10.5. The van der Waals surface area contributed by atoms with Crippen molar-refractivity contribution in [3.05, 3.63) is 63.9 Å². The quantitative estimate of drug-likeness (QED) is 0.581. The number of rotatable bonds is 3. The second kappa shape index (κ2) is 7.31. The van der Waals surface area contributed by atoms with Gasteiger partial charge in [0, 0.05) is 24.1 Å². The van der Waals surface area contributed by atoms with Crippen LogP contribution in [0.3, 0.4) is 0 Å². The molecule has 0 fully saturated rings. The van der Waals surface area contributed by atoms with Gasteiger partial charge in [0.1, 0.15) is 5.82 Å². The van der Waals surface area contributed by atoms with Crippen LogP contribution in [0.1, 0.15) is 11.1 Å². The molecule has 114 valence electrons. The molecule has 22 heavy (non-hydrogen) atoms. The number of nitrogens with zero attached hydrogens (tertiary/aromatic N) is 3. The molecule has 2 aromatic rings. The number of aryl methyl sites for hydroxylation is 1. The van der Waals surface area contributed by atoms with Gasteiger partial charge in [0.05, 0.1) is 12.0 Å². The van der Waals surface area contributed by atoms with Gasteiger partial charge in [-0.2, -0.15) is 0 Å². The van der Waals surface area contributed by atoms with E-state index in [1.807, 2.05) is 43.3 Å². The number of hydrogen-bond donors (Lipinski definition) is 0. The van der Waals surface area contributed by atoms with Crippen LogP contribution < -0.4 is 0 Å². The highest BCUT2D eigenvalue weighted by molar-refractivity contribution is 9.10. The van der Waals surface area contributed by atoms with Gasteiger partial charge in [0.15, 0.2) is 5.84 Å². The Hall–Kier alpha value is -2.01. The third-order valence-electron chi connectivity index (χ3n) is 2.92. The third-order valence-corrected chi connectivity index (χ3v) is 3.61. The van der Waals surface area contributed by atoms with Crippen LogP contribution in [-0.4, -0.2) is 31.2 Å². The molecule has 0 aliphatic heterocycles. The molecule has 0 heterocycles. The van der Waals surface area contributed by atoms with Crippen LogP contribution in [-0.2, 0) is 0 Å². The fraction of sp³-hybridized carbons (Fsp3) is 0.176. The Kier molecular flexibility index (Phi) is 5.44. The molecule has 0 aliphatic rings. The van der Waals surface area contributed by atoms with Crippen molar-refractivity contribution in [2.75, 3.05) is 14.1 Å². The Balaban J connectivity index is 2.50.